The Kier molecular flexibility index (Phi) is 4.57. The number of anilines is 1. The minimum Gasteiger partial charge on any atom is -0.507 e. The smallest absolute Gasteiger partial charge is 0.339 e. The Morgan fingerprint density at radius 2 is 2.08 bits per heavy atom. The highest BCUT2D eigenvalue weighted by molar-refractivity contribution is 6.30. The second kappa shape index (κ2) is 6.66. The lowest BCUT2D eigenvalue weighted by Gasteiger charge is -2.24. The Bertz CT molecular complexity index is 865. The van der Waals surface area contributed by atoms with Crippen LogP contribution in [0, 0.1) is 0 Å². The van der Waals surface area contributed by atoms with Gasteiger partial charge in [-0.2, -0.15) is 0 Å². The van der Waals surface area contributed by atoms with Gasteiger partial charge in [0.1, 0.15) is 17.5 Å². The predicted octanol–water partition coefficient (Wildman–Crippen LogP) is 3.93. The molecule has 1 atom stereocenters. The first-order chi connectivity index (χ1) is 11.9. The number of hydrogen-bond acceptors (Lipinski definition) is 5. The minimum atomic E-state index is -1.21. The molecule has 0 spiro atoms. The number of aromatic carboxylic acids is 1. The quantitative estimate of drug-likeness (QED) is 0.858. The number of methoxy groups -OCH3 is 1. The molecule has 0 fully saturated rings. The van der Waals surface area contributed by atoms with E-state index in [1.165, 1.54) is 12.1 Å². The Balaban J connectivity index is 2.05. The summed E-state index contributed by atoms with van der Waals surface area (Å²) in [6, 6.07) is 9.59. The number of benzene rings is 2. The Morgan fingerprint density at radius 3 is 2.76 bits per heavy atom. The summed E-state index contributed by atoms with van der Waals surface area (Å²) < 4.78 is 11.3. The first kappa shape index (κ1) is 17.1. The molecule has 0 aromatic heterocycles. The highest BCUT2D eigenvalue weighted by atomic mass is 35.5. The monoisotopic (exact) mass is 361 g/mol. The van der Waals surface area contributed by atoms with Crippen molar-refractivity contribution in [3.05, 3.63) is 58.4 Å². The third-order valence-corrected chi connectivity index (χ3v) is 4.11. The molecule has 7 heteroatoms. The van der Waals surface area contributed by atoms with Crippen molar-refractivity contribution in [1.29, 1.82) is 0 Å². The van der Waals surface area contributed by atoms with E-state index in [0.29, 0.717) is 22.2 Å². The van der Waals surface area contributed by atoms with Gasteiger partial charge in [0.05, 0.1) is 5.69 Å². The van der Waals surface area contributed by atoms with Crippen molar-refractivity contribution in [3.63, 3.8) is 0 Å². The molecule has 0 amide bonds. The van der Waals surface area contributed by atoms with Crippen LogP contribution in [-0.2, 0) is 4.74 Å². The van der Waals surface area contributed by atoms with Gasteiger partial charge in [0, 0.05) is 24.3 Å². The van der Waals surface area contributed by atoms with Crippen molar-refractivity contribution in [2.45, 2.75) is 13.2 Å². The molecule has 0 aliphatic carbocycles. The van der Waals surface area contributed by atoms with Gasteiger partial charge in [0.15, 0.2) is 5.75 Å². The average Bonchev–Trinajstić information content (AvgIpc) is 2.92. The molecule has 25 heavy (non-hydrogen) atoms. The topological polar surface area (TPSA) is 79.2 Å². The summed E-state index contributed by atoms with van der Waals surface area (Å²) in [6.45, 7) is 1.86. The molecule has 0 saturated heterocycles. The summed E-state index contributed by atoms with van der Waals surface area (Å²) in [4.78, 5) is 13.0. The number of carboxylic acid groups (broad SMARTS) is 1. The molecule has 2 aromatic rings. The first-order valence-corrected chi connectivity index (χ1v) is 7.86. The van der Waals surface area contributed by atoms with E-state index in [1.807, 2.05) is 17.9 Å². The minimum absolute atomic E-state index is 0.181. The largest absolute Gasteiger partial charge is 0.507 e. The Hall–Kier alpha value is -2.70. The first-order valence-electron chi connectivity index (χ1n) is 7.48. The summed E-state index contributed by atoms with van der Waals surface area (Å²) in [7, 11) is 1.58. The van der Waals surface area contributed by atoms with E-state index >= 15 is 0 Å². The van der Waals surface area contributed by atoms with E-state index in [-0.39, 0.29) is 17.5 Å². The van der Waals surface area contributed by atoms with Crippen molar-refractivity contribution in [1.82, 2.24) is 0 Å². The number of rotatable bonds is 4. The molecule has 0 radical (unpaired) electrons. The summed E-state index contributed by atoms with van der Waals surface area (Å²) in [5.41, 5.74) is 1.18. The van der Waals surface area contributed by atoms with Gasteiger partial charge in [-0.3, -0.25) is 4.90 Å². The second-order valence-corrected chi connectivity index (χ2v) is 5.92. The highest BCUT2D eigenvalue weighted by Crippen LogP contribution is 2.42. The molecule has 0 bridgehead atoms. The Labute approximate surface area is 149 Å². The van der Waals surface area contributed by atoms with E-state index in [4.69, 9.17) is 26.2 Å². The fourth-order valence-electron chi connectivity index (χ4n) is 2.59. The molecule has 1 unspecified atom stereocenters. The van der Waals surface area contributed by atoms with Crippen molar-refractivity contribution < 1.29 is 24.5 Å². The molecule has 3 rings (SSSR count). The molecular formula is C18H16ClNO5. The molecular weight excluding hydrogens is 346 g/mol. The number of carbonyl (C=O) groups is 1. The third-order valence-electron chi connectivity index (χ3n) is 3.88. The maximum absolute atomic E-state index is 11.2. The number of halogens is 1. The lowest BCUT2D eigenvalue weighted by Crippen LogP contribution is -2.32. The zero-order valence-corrected chi connectivity index (χ0v) is 14.3. The molecule has 6 nitrogen and oxygen atoms in total. The summed E-state index contributed by atoms with van der Waals surface area (Å²) in [6.07, 6.45) is 1.36. The molecule has 2 aromatic carbocycles. The number of aromatic hydroxyl groups is 1. The van der Waals surface area contributed by atoms with Crippen LogP contribution in [0.4, 0.5) is 5.69 Å². The second-order valence-electron chi connectivity index (χ2n) is 5.48. The third kappa shape index (κ3) is 3.26. The van der Waals surface area contributed by atoms with Crippen molar-refractivity contribution >= 4 is 29.3 Å². The average molecular weight is 362 g/mol. The zero-order chi connectivity index (χ0) is 18.1. The van der Waals surface area contributed by atoms with Gasteiger partial charge in [-0.25, -0.2) is 4.79 Å². The van der Waals surface area contributed by atoms with E-state index in [9.17, 15) is 9.90 Å². The number of fused-ring (bicyclic) bond motifs is 1. The van der Waals surface area contributed by atoms with Gasteiger partial charge < -0.3 is 19.7 Å². The predicted molar refractivity (Wildman–Crippen MR) is 94.1 cm³/mol. The van der Waals surface area contributed by atoms with Gasteiger partial charge in [-0.05, 0) is 36.8 Å². The van der Waals surface area contributed by atoms with Crippen molar-refractivity contribution in [2.24, 2.45) is 0 Å². The van der Waals surface area contributed by atoms with Crippen LogP contribution in [0.2, 0.25) is 5.02 Å². The van der Waals surface area contributed by atoms with Crippen LogP contribution in [0.25, 0.3) is 6.08 Å². The zero-order valence-electron chi connectivity index (χ0n) is 13.6. The van der Waals surface area contributed by atoms with Crippen LogP contribution in [0.1, 0.15) is 22.8 Å². The molecule has 0 saturated carbocycles. The summed E-state index contributed by atoms with van der Waals surface area (Å²) in [5, 5.41) is 19.3. The van der Waals surface area contributed by atoms with Gasteiger partial charge >= 0.3 is 5.97 Å². The maximum atomic E-state index is 11.2. The summed E-state index contributed by atoms with van der Waals surface area (Å²) >= 11 is 6.02. The van der Waals surface area contributed by atoms with E-state index in [2.05, 4.69) is 0 Å². The van der Waals surface area contributed by atoms with Gasteiger partial charge in [0.2, 0.25) is 5.88 Å². The number of carboxylic acids is 1. The fraction of sp³-hybridized carbons (Fsp3) is 0.167. The van der Waals surface area contributed by atoms with Gasteiger partial charge in [-0.1, -0.05) is 17.7 Å². The maximum Gasteiger partial charge on any atom is 0.339 e. The molecule has 1 aliphatic heterocycles. The molecule has 2 N–H and O–H groups in total. The number of ether oxygens (including phenoxy) is 2. The van der Waals surface area contributed by atoms with E-state index < -0.39 is 5.97 Å². The van der Waals surface area contributed by atoms with E-state index in [1.54, 1.807) is 31.4 Å². The van der Waals surface area contributed by atoms with Crippen LogP contribution in [0.15, 0.2) is 42.3 Å². The van der Waals surface area contributed by atoms with Crippen LogP contribution in [-0.4, -0.2) is 29.5 Å². The van der Waals surface area contributed by atoms with Gasteiger partial charge in [-0.15, -0.1) is 0 Å². The van der Waals surface area contributed by atoms with E-state index in [0.717, 1.165) is 5.69 Å². The lowest BCUT2D eigenvalue weighted by atomic mass is 10.1. The van der Waals surface area contributed by atoms with Crippen LogP contribution < -0.4 is 9.64 Å². The number of nitrogens with zero attached hydrogens (tertiary/aromatic N) is 1. The molecule has 1 heterocycles. The van der Waals surface area contributed by atoms with Crippen LogP contribution >= 0.6 is 11.6 Å². The fourth-order valence-corrected chi connectivity index (χ4v) is 2.75. The normalized spacial score (nSPS) is 15.8. The van der Waals surface area contributed by atoms with Crippen LogP contribution in [0.5, 0.6) is 11.5 Å². The van der Waals surface area contributed by atoms with Gasteiger partial charge in [0.25, 0.3) is 0 Å². The highest BCUT2D eigenvalue weighted by Gasteiger charge is 2.30. The summed E-state index contributed by atoms with van der Waals surface area (Å²) in [5.74, 6) is -0.449. The SMILES string of the molecule is COC(C)N1/C(=C/c2ccc(O)c(C(=O)O)c2)Oc2cc(Cl)ccc21. The van der Waals surface area contributed by atoms with Crippen molar-refractivity contribution in [3.8, 4) is 11.5 Å². The molecule has 130 valence electrons. The Morgan fingerprint density at radius 1 is 1.32 bits per heavy atom. The standard InChI is InChI=1S/C18H16ClNO5/c1-10(24-2)20-14-5-4-12(19)9-16(14)25-17(20)8-11-3-6-15(21)13(7-11)18(22)23/h3-10,21H,1-2H3,(H,22,23)/b17-8-. The van der Waals surface area contributed by atoms with Crippen LogP contribution in [0.3, 0.4) is 0 Å². The lowest BCUT2D eigenvalue weighted by molar-refractivity contribution is 0.0693. The number of hydrogen-bond donors (Lipinski definition) is 2. The van der Waals surface area contributed by atoms with Crippen molar-refractivity contribution in [2.75, 3.05) is 12.0 Å². The number of phenols is 1. The molecule has 1 aliphatic rings.